The molecule has 1 aromatic heterocycles. The van der Waals surface area contributed by atoms with Crippen LogP contribution in [-0.4, -0.2) is 17.7 Å². The molecule has 23 heavy (non-hydrogen) atoms. The number of carboxylic acids is 1. The fourth-order valence-electron chi connectivity index (χ4n) is 2.13. The molecule has 7 heteroatoms. The molecule has 118 valence electrons. The Kier molecular flexibility index (Phi) is 4.43. The smallest absolute Gasteiger partial charge is 0.341 e. The van der Waals surface area contributed by atoms with Crippen LogP contribution < -0.4 is 4.74 Å². The largest absolute Gasteiger partial charge is 0.480 e. The SMILES string of the molecule is O=C(O)COc1cc2cc(-c3ccccc3F)sc2c(Cl)c1Cl. The molecule has 0 aliphatic heterocycles. The first-order valence-corrected chi connectivity index (χ1v) is 8.05. The number of thiophene rings is 1. The molecule has 0 spiro atoms. The van der Waals surface area contributed by atoms with E-state index in [4.69, 9.17) is 33.0 Å². The van der Waals surface area contributed by atoms with Crippen LogP contribution in [-0.2, 0) is 4.79 Å². The summed E-state index contributed by atoms with van der Waals surface area (Å²) in [7, 11) is 0. The fourth-order valence-corrected chi connectivity index (χ4v) is 3.82. The summed E-state index contributed by atoms with van der Waals surface area (Å²) in [5.74, 6) is -1.26. The average molecular weight is 371 g/mol. The topological polar surface area (TPSA) is 46.5 Å². The Labute approximate surface area is 144 Å². The van der Waals surface area contributed by atoms with Gasteiger partial charge in [-0.25, -0.2) is 9.18 Å². The second kappa shape index (κ2) is 6.35. The van der Waals surface area contributed by atoms with Crippen LogP contribution in [0.3, 0.4) is 0 Å². The van der Waals surface area contributed by atoms with Gasteiger partial charge in [-0.1, -0.05) is 41.4 Å². The van der Waals surface area contributed by atoms with Crippen LogP contribution in [0, 0.1) is 5.82 Å². The Bertz CT molecular complexity index is 908. The standard InChI is InChI=1S/C16H9Cl2FO3S/c17-14-11(22-7-13(20)21)5-8-6-12(23-16(8)15(14)18)9-3-1-2-4-10(9)19/h1-6H,7H2,(H,20,21). The highest BCUT2D eigenvalue weighted by atomic mass is 35.5. The number of hydrogen-bond donors (Lipinski definition) is 1. The van der Waals surface area contributed by atoms with E-state index in [-0.39, 0.29) is 21.6 Å². The highest BCUT2D eigenvalue weighted by Gasteiger charge is 2.17. The zero-order valence-corrected chi connectivity index (χ0v) is 13.8. The summed E-state index contributed by atoms with van der Waals surface area (Å²) < 4.78 is 19.8. The monoisotopic (exact) mass is 370 g/mol. The molecule has 1 N–H and O–H groups in total. The van der Waals surface area contributed by atoms with Gasteiger partial charge in [0.1, 0.15) is 16.6 Å². The van der Waals surface area contributed by atoms with Crippen molar-refractivity contribution >= 4 is 50.6 Å². The maximum absolute atomic E-state index is 13.9. The Balaban J connectivity index is 2.11. The molecule has 3 nitrogen and oxygen atoms in total. The minimum Gasteiger partial charge on any atom is -0.480 e. The summed E-state index contributed by atoms with van der Waals surface area (Å²) in [6.07, 6.45) is 0. The Morgan fingerprint density at radius 2 is 1.96 bits per heavy atom. The Morgan fingerprint density at radius 1 is 1.22 bits per heavy atom. The Hall–Kier alpha value is -1.82. The van der Waals surface area contributed by atoms with E-state index < -0.39 is 12.6 Å². The predicted molar refractivity (Wildman–Crippen MR) is 90.4 cm³/mol. The summed E-state index contributed by atoms with van der Waals surface area (Å²) in [4.78, 5) is 11.3. The van der Waals surface area contributed by atoms with Crippen LogP contribution in [0.15, 0.2) is 36.4 Å². The molecule has 0 atom stereocenters. The van der Waals surface area contributed by atoms with Gasteiger partial charge >= 0.3 is 5.97 Å². The lowest BCUT2D eigenvalue weighted by Crippen LogP contribution is -2.09. The number of benzene rings is 2. The molecule has 1 heterocycles. The fraction of sp³-hybridized carbons (Fsp3) is 0.0625. The number of rotatable bonds is 4. The van der Waals surface area contributed by atoms with Gasteiger partial charge in [0, 0.05) is 10.4 Å². The average Bonchev–Trinajstić information content (AvgIpc) is 2.93. The lowest BCUT2D eigenvalue weighted by Gasteiger charge is -2.07. The van der Waals surface area contributed by atoms with Crippen molar-refractivity contribution in [3.05, 3.63) is 52.3 Å². The first kappa shape index (κ1) is 16.1. The van der Waals surface area contributed by atoms with E-state index in [2.05, 4.69) is 0 Å². The van der Waals surface area contributed by atoms with E-state index in [1.165, 1.54) is 17.4 Å². The van der Waals surface area contributed by atoms with E-state index >= 15 is 0 Å². The maximum atomic E-state index is 13.9. The van der Waals surface area contributed by atoms with Gasteiger partial charge in [-0.15, -0.1) is 11.3 Å². The van der Waals surface area contributed by atoms with Crippen molar-refractivity contribution in [1.29, 1.82) is 0 Å². The minimum absolute atomic E-state index is 0.141. The molecule has 0 saturated heterocycles. The van der Waals surface area contributed by atoms with E-state index in [1.807, 2.05) is 0 Å². The first-order valence-electron chi connectivity index (χ1n) is 6.48. The molecule has 0 amide bonds. The van der Waals surface area contributed by atoms with E-state index in [9.17, 15) is 9.18 Å². The highest BCUT2D eigenvalue weighted by Crippen LogP contribution is 2.44. The van der Waals surface area contributed by atoms with E-state index in [0.29, 0.717) is 20.5 Å². The van der Waals surface area contributed by atoms with Gasteiger partial charge in [-0.3, -0.25) is 0 Å². The molecule has 0 unspecified atom stereocenters. The summed E-state index contributed by atoms with van der Waals surface area (Å²) in [5.41, 5.74) is 0.467. The number of carboxylic acid groups (broad SMARTS) is 1. The van der Waals surface area contributed by atoms with Crippen molar-refractivity contribution < 1.29 is 19.0 Å². The zero-order chi connectivity index (χ0) is 16.6. The van der Waals surface area contributed by atoms with Crippen LogP contribution in [0.2, 0.25) is 10.0 Å². The second-order valence-corrected chi connectivity index (χ2v) is 6.50. The third-order valence-electron chi connectivity index (χ3n) is 3.15. The molecule has 0 bridgehead atoms. The van der Waals surface area contributed by atoms with Crippen molar-refractivity contribution in [3.63, 3.8) is 0 Å². The minimum atomic E-state index is -1.12. The van der Waals surface area contributed by atoms with E-state index in [1.54, 1.807) is 30.3 Å². The van der Waals surface area contributed by atoms with Crippen LogP contribution in [0.4, 0.5) is 4.39 Å². The van der Waals surface area contributed by atoms with Crippen molar-refractivity contribution in [2.24, 2.45) is 0 Å². The molecule has 0 fully saturated rings. The molecule has 0 aliphatic carbocycles. The summed E-state index contributed by atoms with van der Waals surface area (Å²) >= 11 is 13.7. The van der Waals surface area contributed by atoms with Crippen LogP contribution in [0.5, 0.6) is 5.75 Å². The molecular formula is C16H9Cl2FO3S. The summed E-state index contributed by atoms with van der Waals surface area (Å²) in [6.45, 7) is -0.522. The maximum Gasteiger partial charge on any atom is 0.341 e. The summed E-state index contributed by atoms with van der Waals surface area (Å²) in [5, 5.41) is 9.80. The van der Waals surface area contributed by atoms with Gasteiger partial charge in [0.2, 0.25) is 0 Å². The molecule has 0 aliphatic rings. The molecule has 3 aromatic rings. The number of halogens is 3. The highest BCUT2D eigenvalue weighted by molar-refractivity contribution is 7.23. The quantitative estimate of drug-likeness (QED) is 0.661. The van der Waals surface area contributed by atoms with Crippen molar-refractivity contribution in [2.45, 2.75) is 0 Å². The third kappa shape index (κ3) is 3.13. The lowest BCUT2D eigenvalue weighted by molar-refractivity contribution is -0.139. The predicted octanol–water partition coefficient (Wildman–Crippen LogP) is 5.48. The normalized spacial score (nSPS) is 10.9. The van der Waals surface area contributed by atoms with Gasteiger partial charge in [0.25, 0.3) is 0 Å². The van der Waals surface area contributed by atoms with Gasteiger partial charge in [0.15, 0.2) is 6.61 Å². The Morgan fingerprint density at radius 3 is 2.65 bits per heavy atom. The number of fused-ring (bicyclic) bond motifs is 1. The molecular weight excluding hydrogens is 362 g/mol. The third-order valence-corrected chi connectivity index (χ3v) is 5.31. The number of aliphatic carboxylic acids is 1. The molecule has 0 radical (unpaired) electrons. The van der Waals surface area contributed by atoms with Crippen LogP contribution in [0.25, 0.3) is 20.5 Å². The summed E-state index contributed by atoms with van der Waals surface area (Å²) in [6, 6.07) is 9.81. The van der Waals surface area contributed by atoms with Gasteiger partial charge in [0.05, 0.1) is 9.72 Å². The molecule has 0 saturated carbocycles. The second-order valence-electron chi connectivity index (χ2n) is 4.69. The zero-order valence-electron chi connectivity index (χ0n) is 11.5. The number of carbonyl (C=O) groups is 1. The van der Waals surface area contributed by atoms with Gasteiger partial charge in [-0.05, 0) is 23.6 Å². The van der Waals surface area contributed by atoms with Gasteiger partial charge < -0.3 is 9.84 Å². The number of hydrogen-bond acceptors (Lipinski definition) is 3. The number of ether oxygens (including phenoxy) is 1. The van der Waals surface area contributed by atoms with Crippen LogP contribution in [0.1, 0.15) is 0 Å². The van der Waals surface area contributed by atoms with Gasteiger partial charge in [-0.2, -0.15) is 0 Å². The lowest BCUT2D eigenvalue weighted by atomic mass is 10.1. The van der Waals surface area contributed by atoms with Crippen LogP contribution >= 0.6 is 34.5 Å². The van der Waals surface area contributed by atoms with Crippen molar-refractivity contribution in [3.8, 4) is 16.2 Å². The van der Waals surface area contributed by atoms with Crippen molar-refractivity contribution in [1.82, 2.24) is 0 Å². The van der Waals surface area contributed by atoms with Crippen molar-refractivity contribution in [2.75, 3.05) is 6.61 Å². The molecule has 2 aromatic carbocycles. The van der Waals surface area contributed by atoms with E-state index in [0.717, 1.165) is 0 Å². The first-order chi connectivity index (χ1) is 11.0. The molecule has 3 rings (SSSR count).